The highest BCUT2D eigenvalue weighted by Crippen LogP contribution is 2.65. The number of nitrogens with two attached hydrogens (primary N) is 1. The summed E-state index contributed by atoms with van der Waals surface area (Å²) in [7, 11) is 1.21. The van der Waals surface area contributed by atoms with Crippen LogP contribution < -0.4 is 21.7 Å². The number of ketones is 1. The highest BCUT2D eigenvalue weighted by Gasteiger charge is 2.70. The van der Waals surface area contributed by atoms with Gasteiger partial charge < -0.3 is 36.1 Å². The summed E-state index contributed by atoms with van der Waals surface area (Å²) < 4.78 is 9.74. The molecule has 13 nitrogen and oxygen atoms in total. The molecule has 4 fully saturated rings. The van der Waals surface area contributed by atoms with Crippen molar-refractivity contribution in [1.29, 1.82) is 0 Å². The molecule has 0 radical (unpaired) electrons. The number of primary amides is 1. The number of fused-ring (bicyclic) bond motifs is 1. The van der Waals surface area contributed by atoms with E-state index in [1.807, 2.05) is 34.6 Å². The number of urea groups is 1. The number of carbonyl (C=O) groups is 6. The fourth-order valence-electron chi connectivity index (χ4n) is 7.19. The minimum Gasteiger partial charge on any atom is -0.438 e. The van der Waals surface area contributed by atoms with Crippen LogP contribution in [0, 0.1) is 34.5 Å². The maximum Gasteiger partial charge on any atom is 0.508 e. The van der Waals surface area contributed by atoms with E-state index in [-0.39, 0.29) is 35.7 Å². The monoisotopic (exact) mass is 619 g/mol. The predicted octanol–water partition coefficient (Wildman–Crippen LogP) is 1.86. The maximum absolute atomic E-state index is 14.2. The number of hydrogen-bond donors (Lipinski definition) is 4. The van der Waals surface area contributed by atoms with Gasteiger partial charge in [-0.3, -0.25) is 19.2 Å². The maximum atomic E-state index is 14.2. The molecule has 0 aromatic carbocycles. The summed E-state index contributed by atoms with van der Waals surface area (Å²) >= 11 is 0. The van der Waals surface area contributed by atoms with Crippen molar-refractivity contribution in [2.75, 3.05) is 20.3 Å². The van der Waals surface area contributed by atoms with Gasteiger partial charge in [-0.05, 0) is 53.8 Å². The molecule has 0 aromatic heterocycles. The molecule has 1 unspecified atom stereocenters. The Morgan fingerprint density at radius 3 is 2.16 bits per heavy atom. The van der Waals surface area contributed by atoms with Crippen molar-refractivity contribution >= 4 is 35.7 Å². The zero-order valence-electron chi connectivity index (χ0n) is 26.8. The summed E-state index contributed by atoms with van der Waals surface area (Å²) in [6.07, 6.45) is 5.10. The van der Waals surface area contributed by atoms with Gasteiger partial charge in [-0.25, -0.2) is 9.59 Å². The van der Waals surface area contributed by atoms with Crippen LogP contribution in [0.25, 0.3) is 0 Å². The Balaban J connectivity index is 1.50. The zero-order chi connectivity index (χ0) is 32.6. The Labute approximate surface area is 259 Å². The number of nitrogens with zero attached hydrogens (tertiary/aromatic N) is 1. The molecule has 246 valence electrons. The Kier molecular flexibility index (Phi) is 9.84. The minimum absolute atomic E-state index is 0.0578. The van der Waals surface area contributed by atoms with E-state index in [4.69, 9.17) is 10.5 Å². The van der Waals surface area contributed by atoms with E-state index in [1.165, 1.54) is 12.0 Å². The first kappa shape index (κ1) is 33.5. The number of Topliss-reactive ketones (excluding diaryl/α,β-unsaturated/α-hetero) is 1. The number of hydrogen-bond acceptors (Lipinski definition) is 8. The standard InChI is InChI=1S/C31H49N5O8/c1-30(2,3)24(35-28(41)34-20(15-44-29(42)43-6)17-9-7-8-10-17)27(40)36-14-18-21(31(18,4)5)22(36)26(39)33-19(13-16-11-12-16)23(37)25(32)38/h16-22,24H,7-15H2,1-6H3,(H2,32,38)(H,33,39)(H2,34,35,41)/t18-,19?,20+,21-,22-,24+/m0/s1. The van der Waals surface area contributed by atoms with Gasteiger partial charge in [0.1, 0.15) is 18.7 Å². The van der Waals surface area contributed by atoms with Crippen LogP contribution in [-0.4, -0.2) is 85.0 Å². The largest absolute Gasteiger partial charge is 0.508 e. The number of methoxy groups -OCH3 is 1. The van der Waals surface area contributed by atoms with Gasteiger partial charge >= 0.3 is 12.2 Å². The number of ether oxygens (including phenoxy) is 2. The molecular formula is C31H49N5O8. The molecule has 44 heavy (non-hydrogen) atoms. The van der Waals surface area contributed by atoms with Gasteiger partial charge in [-0.15, -0.1) is 0 Å². The van der Waals surface area contributed by atoms with Crippen LogP contribution in [0.3, 0.4) is 0 Å². The number of piperidine rings is 1. The number of amides is 5. The summed E-state index contributed by atoms with van der Waals surface area (Å²) in [5, 5.41) is 8.52. The van der Waals surface area contributed by atoms with E-state index in [9.17, 15) is 28.8 Å². The van der Waals surface area contributed by atoms with Crippen LogP contribution in [-0.2, 0) is 28.7 Å². The topological polar surface area (TPSA) is 186 Å². The van der Waals surface area contributed by atoms with E-state index in [2.05, 4.69) is 20.7 Å². The first-order chi connectivity index (χ1) is 20.6. The minimum atomic E-state index is -1.10. The average Bonchev–Trinajstić information content (AvgIpc) is 3.65. The Morgan fingerprint density at radius 2 is 1.61 bits per heavy atom. The Hall–Kier alpha value is -3.38. The van der Waals surface area contributed by atoms with E-state index in [0.29, 0.717) is 13.0 Å². The zero-order valence-corrected chi connectivity index (χ0v) is 26.8. The van der Waals surface area contributed by atoms with Gasteiger partial charge in [0.15, 0.2) is 0 Å². The molecule has 1 aliphatic heterocycles. The van der Waals surface area contributed by atoms with Crippen molar-refractivity contribution in [2.45, 2.75) is 104 Å². The fourth-order valence-corrected chi connectivity index (χ4v) is 7.19. The van der Waals surface area contributed by atoms with E-state index >= 15 is 0 Å². The molecular weight excluding hydrogens is 570 g/mol. The third-order valence-electron chi connectivity index (χ3n) is 10.1. The second-order valence-electron chi connectivity index (χ2n) is 14.7. The lowest BCUT2D eigenvalue weighted by Gasteiger charge is -2.38. The molecule has 13 heteroatoms. The average molecular weight is 620 g/mol. The number of rotatable bonds is 12. The van der Waals surface area contributed by atoms with Crippen molar-refractivity contribution < 1.29 is 38.2 Å². The molecule has 3 aliphatic carbocycles. The first-order valence-electron chi connectivity index (χ1n) is 15.8. The quantitative estimate of drug-likeness (QED) is 0.188. The van der Waals surface area contributed by atoms with Crippen LogP contribution in [0.2, 0.25) is 0 Å². The molecule has 1 heterocycles. The molecule has 4 aliphatic rings. The second-order valence-corrected chi connectivity index (χ2v) is 14.7. The van der Waals surface area contributed by atoms with Gasteiger partial charge in [0.2, 0.25) is 17.6 Å². The number of nitrogens with one attached hydrogen (secondary N) is 3. The van der Waals surface area contributed by atoms with Gasteiger partial charge in [-0.1, -0.05) is 60.3 Å². The van der Waals surface area contributed by atoms with Crippen molar-refractivity contribution in [1.82, 2.24) is 20.9 Å². The summed E-state index contributed by atoms with van der Waals surface area (Å²) in [6, 6.07) is -3.92. The van der Waals surface area contributed by atoms with Crippen molar-refractivity contribution in [2.24, 2.45) is 40.2 Å². The molecule has 5 N–H and O–H groups in total. The fraction of sp³-hybridized carbons (Fsp3) is 0.806. The predicted molar refractivity (Wildman–Crippen MR) is 159 cm³/mol. The summed E-state index contributed by atoms with van der Waals surface area (Å²) in [5.41, 5.74) is 4.38. The molecule has 3 saturated carbocycles. The molecule has 5 amide bonds. The van der Waals surface area contributed by atoms with Crippen LogP contribution in [0.4, 0.5) is 9.59 Å². The molecule has 0 bridgehead atoms. The number of likely N-dealkylation sites (tertiary alicyclic amines) is 1. The highest BCUT2D eigenvalue weighted by molar-refractivity contribution is 6.37. The van der Waals surface area contributed by atoms with E-state index < -0.39 is 65.3 Å². The Bertz CT molecular complexity index is 1160. The van der Waals surface area contributed by atoms with Crippen LogP contribution in [0.1, 0.15) is 79.6 Å². The Morgan fingerprint density at radius 1 is 0.977 bits per heavy atom. The highest BCUT2D eigenvalue weighted by atomic mass is 16.7. The van der Waals surface area contributed by atoms with Crippen LogP contribution >= 0.6 is 0 Å². The smallest absolute Gasteiger partial charge is 0.438 e. The molecule has 1 saturated heterocycles. The normalized spacial score (nSPS) is 26.0. The third kappa shape index (κ3) is 7.46. The van der Waals surface area contributed by atoms with Crippen molar-refractivity contribution in [3.63, 3.8) is 0 Å². The number of carbonyl (C=O) groups excluding carboxylic acids is 6. The van der Waals surface area contributed by atoms with Gasteiger partial charge in [0.05, 0.1) is 19.2 Å². The third-order valence-corrected chi connectivity index (χ3v) is 10.1. The summed E-state index contributed by atoms with van der Waals surface area (Å²) in [6.45, 7) is 9.87. The first-order valence-corrected chi connectivity index (χ1v) is 15.8. The van der Waals surface area contributed by atoms with E-state index in [1.54, 1.807) is 0 Å². The summed E-state index contributed by atoms with van der Waals surface area (Å²) in [5.74, 6) is -2.53. The van der Waals surface area contributed by atoms with Crippen LogP contribution in [0.5, 0.6) is 0 Å². The van der Waals surface area contributed by atoms with E-state index in [0.717, 1.165) is 38.5 Å². The molecule has 6 atom stereocenters. The summed E-state index contributed by atoms with van der Waals surface area (Å²) in [4.78, 5) is 78.8. The second kappa shape index (κ2) is 12.9. The van der Waals surface area contributed by atoms with Gasteiger partial charge in [0, 0.05) is 6.54 Å². The van der Waals surface area contributed by atoms with Crippen molar-refractivity contribution in [3.8, 4) is 0 Å². The lowest BCUT2D eigenvalue weighted by atomic mass is 9.85. The van der Waals surface area contributed by atoms with Gasteiger partial charge in [-0.2, -0.15) is 0 Å². The molecule has 0 aromatic rings. The lowest BCUT2D eigenvalue weighted by molar-refractivity contribution is -0.145. The van der Waals surface area contributed by atoms with Crippen LogP contribution in [0.15, 0.2) is 0 Å². The SMILES string of the molecule is COC(=O)OC[C@@H](NC(=O)N[C@H](C(=O)N1C[C@H]2[C@@H]([C@H]1C(=O)NC(CC1CC1)C(=O)C(N)=O)C2(C)C)C(C)(C)C)C1CCCC1. The molecule has 0 spiro atoms. The van der Waals surface area contributed by atoms with Crippen molar-refractivity contribution in [3.05, 3.63) is 0 Å². The molecule has 4 rings (SSSR count). The van der Waals surface area contributed by atoms with Gasteiger partial charge in [0.25, 0.3) is 5.91 Å². The lowest BCUT2D eigenvalue weighted by Crippen LogP contribution is -2.62.